The van der Waals surface area contributed by atoms with Gasteiger partial charge >= 0.3 is 5.82 Å². The summed E-state index contributed by atoms with van der Waals surface area (Å²) in [5, 5.41) is 0.836. The number of fused-ring (bicyclic) bond motifs is 2. The zero-order chi connectivity index (χ0) is 31.5. The lowest BCUT2D eigenvalue weighted by atomic mass is 9.81. The summed E-state index contributed by atoms with van der Waals surface area (Å²) in [5.41, 5.74) is 6.67. The maximum atomic E-state index is 7.12. The van der Waals surface area contributed by atoms with Crippen molar-refractivity contribution in [1.82, 2.24) is 9.80 Å². The summed E-state index contributed by atoms with van der Waals surface area (Å²) in [7, 11) is 2.16. The second kappa shape index (κ2) is 13.5. The molecule has 6 heteroatoms. The molecule has 0 N–H and O–H groups in total. The van der Waals surface area contributed by atoms with Gasteiger partial charge in [0.25, 0.3) is 0 Å². The van der Waals surface area contributed by atoms with E-state index in [0.29, 0.717) is 0 Å². The van der Waals surface area contributed by atoms with Crippen LogP contribution in [0, 0.1) is 5.41 Å². The summed E-state index contributed by atoms with van der Waals surface area (Å²) in [4.78, 5) is 15.0. The van der Waals surface area contributed by atoms with Crippen LogP contribution in [-0.2, 0) is 12.0 Å². The molecule has 0 fully saturated rings. The highest BCUT2D eigenvalue weighted by atomic mass is 35.5. The summed E-state index contributed by atoms with van der Waals surface area (Å²) >= 11 is 7.12. The maximum Gasteiger partial charge on any atom is 0.327 e. The largest absolute Gasteiger partial charge is 0.333 e. The summed E-state index contributed by atoms with van der Waals surface area (Å²) in [6.45, 7) is 17.2. The summed E-state index contributed by atoms with van der Waals surface area (Å²) in [6, 6.07) is 4.39. The molecule has 44 heavy (non-hydrogen) atoms. The van der Waals surface area contributed by atoms with E-state index in [1.54, 1.807) is 0 Å². The Hall–Kier alpha value is -3.02. The number of aliphatic imine (C=N–C) groups is 2. The number of allylic oxidation sites excluding steroid dienone is 6. The number of amidine groups is 1. The number of nitrogens with zero attached hydrogens (tertiary/aromatic N) is 5. The number of pyridine rings is 1. The van der Waals surface area contributed by atoms with Gasteiger partial charge in [0.2, 0.25) is 0 Å². The van der Waals surface area contributed by atoms with Gasteiger partial charge in [-0.2, -0.15) is 0 Å². The molecule has 0 spiro atoms. The van der Waals surface area contributed by atoms with Crippen LogP contribution >= 0.6 is 11.6 Å². The summed E-state index contributed by atoms with van der Waals surface area (Å²) < 4.78 is 2.32. The molecule has 1 aromatic heterocycles. The average Bonchev–Trinajstić information content (AvgIpc) is 3.41. The Morgan fingerprint density at radius 1 is 0.955 bits per heavy atom. The monoisotopic (exact) mass is 612 g/mol. The van der Waals surface area contributed by atoms with E-state index >= 15 is 0 Å². The normalized spacial score (nSPS) is 22.6. The molecule has 0 aromatic carbocycles. The zero-order valence-corrected chi connectivity index (χ0v) is 28.7. The standard InChI is InChI=1S/C38H51ClN5/c1-8-10-12-22-43-24-14-16-30-35(43)40-32(37(30,3)4)20-18-28-26-42(7)27-29(34(28)39)19-21-33-38(5,6)31-17-15-25-44(36(31)41-33)23-13-11-9-2/h14-21,24-25H,8-13,22-23,26-27H2,1-7H3/q+1. The van der Waals surface area contributed by atoms with Gasteiger partial charge in [0, 0.05) is 41.9 Å². The molecule has 0 aliphatic carbocycles. The Bertz CT molecular complexity index is 1510. The second-order valence-electron chi connectivity index (χ2n) is 13.7. The van der Waals surface area contributed by atoms with Crippen molar-refractivity contribution < 1.29 is 4.57 Å². The first-order chi connectivity index (χ1) is 21.1. The molecule has 5 nitrogen and oxygen atoms in total. The van der Waals surface area contributed by atoms with E-state index in [1.165, 1.54) is 49.7 Å². The van der Waals surface area contributed by atoms with Gasteiger partial charge in [-0.25, -0.2) is 9.56 Å². The Kier molecular flexibility index (Phi) is 9.96. The van der Waals surface area contributed by atoms with Crippen LogP contribution in [0.2, 0.25) is 0 Å². The average molecular weight is 613 g/mol. The van der Waals surface area contributed by atoms with E-state index in [0.717, 1.165) is 65.4 Å². The number of rotatable bonds is 11. The van der Waals surface area contributed by atoms with Gasteiger partial charge < -0.3 is 4.90 Å². The molecule has 0 unspecified atom stereocenters. The lowest BCUT2D eigenvalue weighted by molar-refractivity contribution is -0.684. The van der Waals surface area contributed by atoms with Gasteiger partial charge in [0.1, 0.15) is 5.84 Å². The van der Waals surface area contributed by atoms with Gasteiger partial charge in [-0.15, -0.1) is 0 Å². The van der Waals surface area contributed by atoms with Crippen molar-refractivity contribution in [3.8, 4) is 0 Å². The highest BCUT2D eigenvalue weighted by Crippen LogP contribution is 2.44. The molecule has 5 rings (SSSR count). The van der Waals surface area contributed by atoms with Crippen LogP contribution in [0.5, 0.6) is 0 Å². The van der Waals surface area contributed by atoms with E-state index in [9.17, 15) is 0 Å². The molecule has 0 amide bonds. The fourth-order valence-electron chi connectivity index (χ4n) is 6.60. The Balaban J connectivity index is 1.40. The lowest BCUT2D eigenvalue weighted by Crippen LogP contribution is -2.34. The molecule has 0 atom stereocenters. The van der Waals surface area contributed by atoms with Gasteiger partial charge in [0.05, 0.1) is 29.4 Å². The van der Waals surface area contributed by atoms with E-state index in [-0.39, 0.29) is 10.8 Å². The van der Waals surface area contributed by atoms with E-state index in [1.807, 2.05) is 0 Å². The third-order valence-electron chi connectivity index (χ3n) is 9.50. The fourth-order valence-corrected chi connectivity index (χ4v) is 6.85. The number of unbranched alkanes of at least 4 members (excludes halogenated alkanes) is 4. The van der Waals surface area contributed by atoms with Crippen molar-refractivity contribution >= 4 is 29.0 Å². The van der Waals surface area contributed by atoms with Crippen molar-refractivity contribution in [2.75, 3.05) is 26.7 Å². The van der Waals surface area contributed by atoms with E-state index < -0.39 is 0 Å². The van der Waals surface area contributed by atoms with Gasteiger partial charge in [-0.05, 0) is 86.7 Å². The molecule has 234 valence electrons. The molecule has 5 heterocycles. The summed E-state index contributed by atoms with van der Waals surface area (Å²) in [6.07, 6.45) is 24.7. The lowest BCUT2D eigenvalue weighted by Gasteiger charge is -2.28. The Morgan fingerprint density at radius 2 is 1.73 bits per heavy atom. The number of aromatic nitrogens is 1. The Morgan fingerprint density at radius 3 is 2.50 bits per heavy atom. The maximum absolute atomic E-state index is 7.12. The molecule has 1 aromatic rings. The smallest absolute Gasteiger partial charge is 0.327 e. The van der Waals surface area contributed by atoms with Crippen molar-refractivity contribution in [2.45, 2.75) is 92.0 Å². The van der Waals surface area contributed by atoms with Gasteiger partial charge in [-0.3, -0.25) is 4.90 Å². The zero-order valence-electron chi connectivity index (χ0n) is 28.0. The Labute approximate surface area is 270 Å². The quantitative estimate of drug-likeness (QED) is 0.185. The number of hydrogen-bond donors (Lipinski definition) is 0. The van der Waals surface area contributed by atoms with Crippen LogP contribution in [-0.4, -0.2) is 48.0 Å². The van der Waals surface area contributed by atoms with Crippen LogP contribution in [0.15, 0.2) is 98.4 Å². The minimum atomic E-state index is -0.158. The predicted octanol–water partition coefficient (Wildman–Crippen LogP) is 8.72. The van der Waals surface area contributed by atoms with Crippen LogP contribution in [0.25, 0.3) is 0 Å². The predicted molar refractivity (Wildman–Crippen MR) is 187 cm³/mol. The van der Waals surface area contributed by atoms with Crippen LogP contribution in [0.1, 0.15) is 85.6 Å². The van der Waals surface area contributed by atoms with Crippen molar-refractivity contribution in [3.63, 3.8) is 0 Å². The first-order valence-electron chi connectivity index (χ1n) is 16.6. The molecule has 4 aliphatic heterocycles. The van der Waals surface area contributed by atoms with Crippen LogP contribution in [0.3, 0.4) is 0 Å². The molecule has 0 radical (unpaired) electrons. The highest BCUT2D eigenvalue weighted by Gasteiger charge is 2.42. The highest BCUT2D eigenvalue weighted by molar-refractivity contribution is 6.32. The SMILES string of the molecule is CCCCCN1C=CC=C2C1=N/C(=C/C=C1\CN(C)CC(/C=C/C3=Nc4c(ccc[n+]4CCCCC)C3(C)C)=C1Cl)C2(C)C. The molecule has 4 aliphatic rings. The number of likely N-dealkylation sites (N-methyl/N-ethyl adjacent to an activating group) is 1. The third kappa shape index (κ3) is 6.50. The molecule has 0 saturated carbocycles. The van der Waals surface area contributed by atoms with E-state index in [4.69, 9.17) is 21.6 Å². The van der Waals surface area contributed by atoms with Gasteiger partial charge in [0.15, 0.2) is 5.71 Å². The number of hydrogen-bond acceptors (Lipinski definition) is 4. The van der Waals surface area contributed by atoms with Crippen LogP contribution in [0.4, 0.5) is 5.82 Å². The van der Waals surface area contributed by atoms with E-state index in [2.05, 4.69) is 124 Å². The number of halogens is 1. The molecular weight excluding hydrogens is 562 g/mol. The first kappa shape index (κ1) is 32.4. The first-order valence-corrected chi connectivity index (χ1v) is 17.0. The topological polar surface area (TPSA) is 35.1 Å². The molecule has 0 bridgehead atoms. The van der Waals surface area contributed by atoms with Crippen molar-refractivity contribution in [1.29, 1.82) is 0 Å². The second-order valence-corrected chi connectivity index (χ2v) is 14.1. The molecular formula is C38H51ClN5+. The third-order valence-corrected chi connectivity index (χ3v) is 9.98. The molecule has 0 saturated heterocycles. The minimum absolute atomic E-state index is 0.158. The fraction of sp³-hybridized carbons (Fsp3) is 0.500. The van der Waals surface area contributed by atoms with Crippen molar-refractivity contribution in [3.05, 3.63) is 94.0 Å². The van der Waals surface area contributed by atoms with Gasteiger partial charge in [-0.1, -0.05) is 76.8 Å². The summed E-state index contributed by atoms with van der Waals surface area (Å²) in [5.74, 6) is 2.19. The number of aryl methyl sites for hydroxylation is 1. The minimum Gasteiger partial charge on any atom is -0.333 e. The van der Waals surface area contributed by atoms with Crippen LogP contribution < -0.4 is 4.57 Å². The van der Waals surface area contributed by atoms with Crippen molar-refractivity contribution in [2.24, 2.45) is 15.4 Å².